The molecular formula is C43H42N4O6S3. The van der Waals surface area contributed by atoms with Gasteiger partial charge in [0.25, 0.3) is 0 Å². The van der Waals surface area contributed by atoms with Crippen LogP contribution < -0.4 is 21.2 Å². The number of hydrazone groups is 2. The van der Waals surface area contributed by atoms with Crippen LogP contribution in [0.1, 0.15) is 70.9 Å². The van der Waals surface area contributed by atoms with Crippen LogP contribution >= 0.6 is 34.0 Å². The quantitative estimate of drug-likeness (QED) is 0.0479. The summed E-state index contributed by atoms with van der Waals surface area (Å²) in [5.41, 5.74) is 11.3. The third-order valence-corrected chi connectivity index (χ3v) is 13.2. The minimum atomic E-state index is -0.112. The average molecular weight is 807 g/mol. The van der Waals surface area contributed by atoms with Gasteiger partial charge < -0.3 is 36.5 Å². The topological polar surface area (TPSA) is 173 Å². The molecule has 3 aromatic carbocycles. The number of carbonyl (C=O) groups is 1. The highest BCUT2D eigenvalue weighted by Crippen LogP contribution is 2.43. The van der Waals surface area contributed by atoms with Crippen molar-refractivity contribution in [1.29, 1.82) is 0 Å². The zero-order chi connectivity index (χ0) is 39.5. The van der Waals surface area contributed by atoms with E-state index < -0.39 is 0 Å². The number of fused-ring (bicyclic) bond motifs is 3. The number of hydrogen-bond donors (Lipinski definition) is 5. The molecule has 56 heavy (non-hydrogen) atoms. The lowest BCUT2D eigenvalue weighted by Crippen LogP contribution is -1.96. The highest BCUT2D eigenvalue weighted by atomic mass is 32.1. The zero-order valence-electron chi connectivity index (χ0n) is 31.2. The van der Waals surface area contributed by atoms with Gasteiger partial charge in [0.05, 0.1) is 56.0 Å². The van der Waals surface area contributed by atoms with E-state index >= 15 is 0 Å². The summed E-state index contributed by atoms with van der Waals surface area (Å²) in [7, 11) is 0. The highest BCUT2D eigenvalue weighted by molar-refractivity contribution is 7.15. The van der Waals surface area contributed by atoms with Gasteiger partial charge in [0.1, 0.15) is 28.7 Å². The molecule has 9 rings (SSSR count). The van der Waals surface area contributed by atoms with Gasteiger partial charge in [-0.25, -0.2) is 0 Å². The fraction of sp³-hybridized carbons (Fsp3) is 0.233. The molecular weight excluding hydrogens is 765 g/mol. The molecule has 0 amide bonds. The Balaban J connectivity index is 0.000000129. The van der Waals surface area contributed by atoms with Crippen LogP contribution in [0, 0.1) is 0 Å². The van der Waals surface area contributed by atoms with Crippen LogP contribution in [0.25, 0.3) is 31.3 Å². The molecule has 0 unspecified atom stereocenters. The number of aryl methyl sites for hydroxylation is 2. The molecule has 13 heteroatoms. The fourth-order valence-electron chi connectivity index (χ4n) is 6.94. The number of Topliss-reactive ketones (excluding diaryl/α,β-unsaturated/α-hetero) is 1. The minimum absolute atomic E-state index is 0.0892. The van der Waals surface area contributed by atoms with Crippen molar-refractivity contribution in [2.24, 2.45) is 21.9 Å². The molecule has 5 heterocycles. The Morgan fingerprint density at radius 2 is 0.982 bits per heavy atom. The molecule has 0 fully saturated rings. The Morgan fingerprint density at radius 1 is 0.571 bits per heavy atom. The predicted molar refractivity (Wildman–Crippen MR) is 227 cm³/mol. The van der Waals surface area contributed by atoms with E-state index in [0.29, 0.717) is 29.2 Å². The summed E-state index contributed by atoms with van der Waals surface area (Å²) in [6, 6.07) is 18.3. The minimum Gasteiger partial charge on any atom is -0.506 e. The first kappa shape index (κ1) is 38.6. The number of benzene rings is 3. The summed E-state index contributed by atoms with van der Waals surface area (Å²) in [5.74, 6) is 12.9. The summed E-state index contributed by atoms with van der Waals surface area (Å²) < 4.78 is 10.9. The molecule has 2 aliphatic heterocycles. The number of nitrogens with zero attached hydrogens (tertiary/aromatic N) is 2. The summed E-state index contributed by atoms with van der Waals surface area (Å²) in [6.45, 7) is 6.49. The van der Waals surface area contributed by atoms with E-state index in [1.807, 2.05) is 41.1 Å². The molecule has 1 aliphatic carbocycles. The molecule has 0 saturated carbocycles. The van der Waals surface area contributed by atoms with Gasteiger partial charge in [0.15, 0.2) is 5.78 Å². The largest absolute Gasteiger partial charge is 0.506 e. The van der Waals surface area contributed by atoms with E-state index in [4.69, 9.17) is 21.2 Å². The first-order valence-corrected chi connectivity index (χ1v) is 20.8. The van der Waals surface area contributed by atoms with Gasteiger partial charge in [-0.1, -0.05) is 12.1 Å². The lowest BCUT2D eigenvalue weighted by Gasteiger charge is -2.04. The molecule has 3 aliphatic rings. The van der Waals surface area contributed by atoms with Crippen LogP contribution in [0.3, 0.4) is 0 Å². The van der Waals surface area contributed by atoms with Gasteiger partial charge in [-0.2, -0.15) is 10.2 Å². The Kier molecular flexibility index (Phi) is 11.5. The van der Waals surface area contributed by atoms with Gasteiger partial charge >= 0.3 is 0 Å². The number of rotatable bonds is 6. The summed E-state index contributed by atoms with van der Waals surface area (Å²) >= 11 is 4.41. The van der Waals surface area contributed by atoms with Crippen LogP contribution in [0.4, 0.5) is 0 Å². The van der Waals surface area contributed by atoms with Gasteiger partial charge in [0.2, 0.25) is 0 Å². The molecule has 0 saturated heterocycles. The predicted octanol–water partition coefficient (Wildman–Crippen LogP) is 9.29. The van der Waals surface area contributed by atoms with E-state index in [1.165, 1.54) is 70.5 Å². The van der Waals surface area contributed by atoms with Crippen molar-refractivity contribution >= 4 is 51.2 Å². The Labute approximate surface area is 337 Å². The molecule has 288 valence electrons. The van der Waals surface area contributed by atoms with Crippen molar-refractivity contribution in [3.05, 3.63) is 110 Å². The molecule has 6 aromatic rings. The third-order valence-electron chi connectivity index (χ3n) is 10.1. The second kappa shape index (κ2) is 16.6. The molecule has 3 aromatic heterocycles. The maximum absolute atomic E-state index is 11.3. The normalized spacial score (nSPS) is 14.1. The summed E-state index contributed by atoms with van der Waals surface area (Å²) in [4.78, 5) is 13.8. The number of hydrogen-bond acceptors (Lipinski definition) is 13. The van der Waals surface area contributed by atoms with Gasteiger partial charge in [-0.05, 0) is 121 Å². The number of carbonyl (C=O) groups excluding carboxylic acids is 1. The lowest BCUT2D eigenvalue weighted by atomic mass is 10.0. The number of ketones is 1. The zero-order valence-corrected chi connectivity index (χ0v) is 33.7. The Morgan fingerprint density at radius 3 is 1.43 bits per heavy atom. The van der Waals surface area contributed by atoms with Crippen LogP contribution in [0.15, 0.2) is 80.9 Å². The van der Waals surface area contributed by atoms with E-state index in [2.05, 4.69) is 34.5 Å². The van der Waals surface area contributed by atoms with Crippen LogP contribution in [0.5, 0.6) is 28.7 Å². The van der Waals surface area contributed by atoms with E-state index in [9.17, 15) is 20.1 Å². The van der Waals surface area contributed by atoms with Crippen molar-refractivity contribution in [3.63, 3.8) is 0 Å². The maximum Gasteiger partial charge on any atom is 0.164 e. The molecule has 0 spiro atoms. The van der Waals surface area contributed by atoms with Gasteiger partial charge in [0, 0.05) is 29.0 Å². The number of ether oxygens (including phenoxy) is 2. The molecule has 7 N–H and O–H groups in total. The number of nitrogens with two attached hydrogens (primary N) is 2. The third kappa shape index (κ3) is 7.75. The first-order valence-electron chi connectivity index (χ1n) is 18.1. The van der Waals surface area contributed by atoms with E-state index in [0.717, 1.165) is 79.8 Å². The molecule has 0 atom stereocenters. The van der Waals surface area contributed by atoms with Gasteiger partial charge in [-0.3, -0.25) is 4.79 Å². The van der Waals surface area contributed by atoms with Crippen molar-refractivity contribution in [3.8, 4) is 60.1 Å². The van der Waals surface area contributed by atoms with Crippen LogP contribution in [-0.2, 0) is 25.7 Å². The fourth-order valence-corrected chi connectivity index (χ4v) is 9.94. The standard InChI is InChI=1S/C15H16N2OS.C14H14N2O2S.C14H12O3S/c1-9(17-16)13-8-19-15(14(13)18)12-6-5-10-3-2-4-11(10)7-12;1-8(16-15)11-7-19-14(13(11)17)10-2-3-12-9(6-10)4-5-18-12;1-8(15)11-7-18-14(13(11)16)10-2-3-12-9(6-10)4-5-17-12/h5-8,18H,2-4,16H2,1H3;2-3,6-7,17H,4-5,15H2,1H3;2-3,6-7,16H,4-5H2,1H3/b17-9+;16-8+;. The lowest BCUT2D eigenvalue weighted by molar-refractivity contribution is 0.101. The van der Waals surface area contributed by atoms with Crippen LogP contribution in [0.2, 0.25) is 0 Å². The number of thiophene rings is 3. The molecule has 0 radical (unpaired) electrons. The van der Waals surface area contributed by atoms with Crippen molar-refractivity contribution in [1.82, 2.24) is 0 Å². The van der Waals surface area contributed by atoms with Crippen molar-refractivity contribution < 1.29 is 29.6 Å². The number of aromatic hydroxyl groups is 3. The van der Waals surface area contributed by atoms with Gasteiger partial charge in [-0.15, -0.1) is 34.0 Å². The van der Waals surface area contributed by atoms with E-state index in [1.54, 1.807) is 19.2 Å². The SMILES string of the molecule is C/C(=N\N)c1csc(-c2ccc3c(c2)CCC3)c1O.C/C(=N\N)c1csc(-c2ccc3c(c2)CCO3)c1O.CC(=O)c1csc(-c2ccc3c(c2)CCO3)c1O. The van der Waals surface area contributed by atoms with Crippen molar-refractivity contribution in [2.75, 3.05) is 13.2 Å². The first-order chi connectivity index (χ1) is 27.1. The monoisotopic (exact) mass is 806 g/mol. The molecule has 10 nitrogen and oxygen atoms in total. The average Bonchev–Trinajstić information content (AvgIpc) is 4.07. The molecule has 0 bridgehead atoms. The smallest absolute Gasteiger partial charge is 0.164 e. The van der Waals surface area contributed by atoms with Crippen LogP contribution in [-0.4, -0.2) is 45.7 Å². The second-order valence-corrected chi connectivity index (χ2v) is 16.3. The Hall–Kier alpha value is -5.63. The van der Waals surface area contributed by atoms with Crippen molar-refractivity contribution in [2.45, 2.75) is 52.9 Å². The Bertz CT molecular complexity index is 2380. The maximum atomic E-state index is 11.3. The highest BCUT2D eigenvalue weighted by Gasteiger charge is 2.21. The van der Waals surface area contributed by atoms with E-state index in [-0.39, 0.29) is 23.0 Å². The summed E-state index contributed by atoms with van der Waals surface area (Å²) in [5, 5.41) is 43.4. The second-order valence-electron chi connectivity index (χ2n) is 13.6. The summed E-state index contributed by atoms with van der Waals surface area (Å²) in [6.07, 6.45) is 5.38.